The van der Waals surface area contributed by atoms with Gasteiger partial charge in [0.1, 0.15) is 10.5 Å². The summed E-state index contributed by atoms with van der Waals surface area (Å²) in [6, 6.07) is 0. The molecule has 0 atom stereocenters. The molecule has 15 heavy (non-hydrogen) atoms. The fourth-order valence-corrected chi connectivity index (χ4v) is 2.69. The molecule has 5 nitrogen and oxygen atoms in total. The minimum Gasteiger partial charge on any atom is -0.361 e. The lowest BCUT2D eigenvalue weighted by atomic mass is 10.1. The Bertz CT molecular complexity index is 465. The Morgan fingerprint density at radius 3 is 2.40 bits per heavy atom. The van der Waals surface area contributed by atoms with Crippen molar-refractivity contribution in [3.05, 3.63) is 17.0 Å². The van der Waals surface area contributed by atoms with Crippen molar-refractivity contribution in [1.82, 2.24) is 5.16 Å². The van der Waals surface area contributed by atoms with Gasteiger partial charge in [-0.25, -0.2) is 0 Å². The summed E-state index contributed by atoms with van der Waals surface area (Å²) in [5, 5.41) is 3.76. The highest BCUT2D eigenvalue weighted by molar-refractivity contribution is 7.87. The summed E-state index contributed by atoms with van der Waals surface area (Å²) in [5.41, 5.74) is 1.49. The number of rotatable bonds is 3. The van der Waals surface area contributed by atoms with E-state index in [1.165, 1.54) is 0 Å². The van der Waals surface area contributed by atoms with Gasteiger partial charge in [-0.15, -0.1) is 0 Å². The Morgan fingerprint density at radius 2 is 2.07 bits per heavy atom. The molecule has 0 amide bonds. The molecule has 1 heterocycles. The lowest BCUT2D eigenvalue weighted by Crippen LogP contribution is -2.25. The van der Waals surface area contributed by atoms with Crippen LogP contribution in [0.3, 0.4) is 0 Å². The summed E-state index contributed by atoms with van der Waals surface area (Å²) in [5.74, 6) is 0.627. The molecular weight excluding hydrogens is 218 g/mol. The molecule has 1 N–H and O–H groups in total. The summed E-state index contributed by atoms with van der Waals surface area (Å²) < 4.78 is 35.4. The van der Waals surface area contributed by atoms with Crippen molar-refractivity contribution in [3.63, 3.8) is 0 Å². The van der Waals surface area contributed by atoms with E-state index in [1.54, 1.807) is 13.8 Å². The first-order valence-electron chi connectivity index (χ1n) is 4.74. The van der Waals surface area contributed by atoms with Crippen LogP contribution in [0.2, 0.25) is 0 Å². The van der Waals surface area contributed by atoms with Gasteiger partial charge in [0.25, 0.3) is 10.1 Å². The van der Waals surface area contributed by atoms with Gasteiger partial charge >= 0.3 is 0 Å². The second-order valence-corrected chi connectivity index (χ2v) is 5.95. The molecule has 0 saturated heterocycles. The van der Waals surface area contributed by atoms with Crippen molar-refractivity contribution < 1.29 is 17.5 Å². The molecule has 6 heteroatoms. The molecule has 0 radical (unpaired) electrons. The highest BCUT2D eigenvalue weighted by atomic mass is 32.2. The fourth-order valence-electron chi connectivity index (χ4n) is 1.74. The molecule has 1 saturated carbocycles. The fraction of sp³-hybridized carbons (Fsp3) is 0.667. The first-order valence-corrected chi connectivity index (χ1v) is 6.18. The Labute approximate surface area is 88.2 Å². The zero-order chi connectivity index (χ0) is 11.3. The summed E-state index contributed by atoms with van der Waals surface area (Å²) in [4.78, 5) is 0. The van der Waals surface area contributed by atoms with Crippen LogP contribution < -0.4 is 0 Å². The van der Waals surface area contributed by atoms with E-state index in [2.05, 4.69) is 5.16 Å². The van der Waals surface area contributed by atoms with Crippen LogP contribution in [-0.2, 0) is 16.5 Å². The predicted octanol–water partition coefficient (Wildman–Crippen LogP) is 1.25. The van der Waals surface area contributed by atoms with Crippen LogP contribution in [0.1, 0.15) is 29.9 Å². The zero-order valence-corrected chi connectivity index (χ0v) is 9.47. The number of nitrogens with zero attached hydrogens (tertiary/aromatic N) is 1. The molecule has 1 aromatic rings. The maximum atomic E-state index is 11.2. The van der Waals surface area contributed by atoms with E-state index in [0.717, 1.165) is 5.56 Å². The van der Waals surface area contributed by atoms with E-state index < -0.39 is 14.9 Å². The van der Waals surface area contributed by atoms with Gasteiger partial charge in [-0.2, -0.15) is 8.42 Å². The Morgan fingerprint density at radius 1 is 1.47 bits per heavy atom. The van der Waals surface area contributed by atoms with Gasteiger partial charge in [-0.05, 0) is 33.1 Å². The van der Waals surface area contributed by atoms with Crippen molar-refractivity contribution in [2.45, 2.75) is 37.9 Å². The highest BCUT2D eigenvalue weighted by Crippen LogP contribution is 2.46. The van der Waals surface area contributed by atoms with Crippen LogP contribution in [0.25, 0.3) is 0 Å². The number of hydrogen-bond donors (Lipinski definition) is 1. The Hall–Kier alpha value is -0.880. The molecular formula is C9H13NO4S. The Balaban J connectivity index is 2.31. The van der Waals surface area contributed by atoms with Crippen LogP contribution in [0.5, 0.6) is 0 Å². The average molecular weight is 231 g/mol. The van der Waals surface area contributed by atoms with Crippen molar-refractivity contribution in [3.8, 4) is 0 Å². The summed E-state index contributed by atoms with van der Waals surface area (Å²) >= 11 is 0. The average Bonchev–Trinajstić information content (AvgIpc) is 2.83. The number of aryl methyl sites for hydroxylation is 2. The van der Waals surface area contributed by atoms with Gasteiger partial charge in [0.2, 0.25) is 0 Å². The molecule has 1 aliphatic rings. The van der Waals surface area contributed by atoms with Crippen molar-refractivity contribution in [1.29, 1.82) is 0 Å². The van der Waals surface area contributed by atoms with Gasteiger partial charge in [-0.1, -0.05) is 5.16 Å². The first-order chi connectivity index (χ1) is 6.86. The minimum absolute atomic E-state index is 0.299. The second-order valence-electron chi connectivity index (χ2n) is 4.14. The lowest BCUT2D eigenvalue weighted by molar-refractivity contribution is 0.392. The van der Waals surface area contributed by atoms with Crippen LogP contribution >= 0.6 is 0 Å². The van der Waals surface area contributed by atoms with E-state index in [-0.39, 0.29) is 0 Å². The van der Waals surface area contributed by atoms with Gasteiger partial charge in [0.15, 0.2) is 0 Å². The van der Waals surface area contributed by atoms with Crippen molar-refractivity contribution in [2.75, 3.05) is 0 Å². The third-order valence-electron chi connectivity index (χ3n) is 3.04. The maximum absolute atomic E-state index is 11.2. The molecule has 1 aromatic heterocycles. The molecule has 0 bridgehead atoms. The molecule has 0 unspecified atom stereocenters. The third kappa shape index (κ3) is 1.68. The molecule has 0 aromatic carbocycles. The predicted molar refractivity (Wildman–Crippen MR) is 53.2 cm³/mol. The minimum atomic E-state index is -3.97. The van der Waals surface area contributed by atoms with Crippen LogP contribution in [0.15, 0.2) is 4.52 Å². The highest BCUT2D eigenvalue weighted by Gasteiger charge is 2.54. The molecule has 0 aliphatic heterocycles. The molecule has 1 aliphatic carbocycles. The topological polar surface area (TPSA) is 80.4 Å². The van der Waals surface area contributed by atoms with Crippen LogP contribution in [-0.4, -0.2) is 22.9 Å². The molecule has 84 valence electrons. The third-order valence-corrected chi connectivity index (χ3v) is 4.68. The number of hydrogen-bond acceptors (Lipinski definition) is 4. The van der Waals surface area contributed by atoms with E-state index in [0.29, 0.717) is 30.7 Å². The van der Waals surface area contributed by atoms with Gasteiger partial charge in [0, 0.05) is 5.56 Å². The van der Waals surface area contributed by atoms with E-state index >= 15 is 0 Å². The summed E-state index contributed by atoms with van der Waals surface area (Å²) in [6.45, 7) is 3.52. The monoisotopic (exact) mass is 231 g/mol. The van der Waals surface area contributed by atoms with Gasteiger partial charge in [0.05, 0.1) is 5.69 Å². The summed E-state index contributed by atoms with van der Waals surface area (Å²) in [7, 11) is -3.97. The van der Waals surface area contributed by atoms with E-state index in [9.17, 15) is 8.42 Å². The normalized spacial score (nSPS) is 19.1. The largest absolute Gasteiger partial charge is 0.361 e. The van der Waals surface area contributed by atoms with Gasteiger partial charge < -0.3 is 4.52 Å². The maximum Gasteiger partial charge on any atom is 0.270 e. The number of aromatic nitrogens is 1. The second kappa shape index (κ2) is 3.05. The SMILES string of the molecule is Cc1noc(C)c1CC1(S(=O)(=O)O)CC1. The van der Waals surface area contributed by atoms with E-state index in [4.69, 9.17) is 9.08 Å². The van der Waals surface area contributed by atoms with Gasteiger partial charge in [-0.3, -0.25) is 4.55 Å². The lowest BCUT2D eigenvalue weighted by Gasteiger charge is -2.10. The smallest absolute Gasteiger partial charge is 0.270 e. The quantitative estimate of drug-likeness (QED) is 0.792. The molecule has 2 rings (SSSR count). The van der Waals surface area contributed by atoms with Crippen LogP contribution in [0, 0.1) is 13.8 Å². The Kier molecular flexibility index (Phi) is 2.16. The van der Waals surface area contributed by atoms with Crippen LogP contribution in [0.4, 0.5) is 0 Å². The van der Waals surface area contributed by atoms with E-state index in [1.807, 2.05) is 0 Å². The first kappa shape index (κ1) is 10.6. The van der Waals surface area contributed by atoms with Crippen molar-refractivity contribution >= 4 is 10.1 Å². The standard InChI is InChI=1S/C9H13NO4S/c1-6-8(7(2)14-10-6)5-9(3-4-9)15(11,12)13/h3-5H2,1-2H3,(H,11,12,13). The zero-order valence-electron chi connectivity index (χ0n) is 8.65. The molecule has 0 spiro atoms. The molecule has 1 fully saturated rings. The summed E-state index contributed by atoms with van der Waals surface area (Å²) in [6.07, 6.45) is 1.32. The van der Waals surface area contributed by atoms with Crippen molar-refractivity contribution in [2.24, 2.45) is 0 Å².